The van der Waals surface area contributed by atoms with Crippen LogP contribution in [0.3, 0.4) is 0 Å². The molecule has 1 unspecified atom stereocenters. The van der Waals surface area contributed by atoms with Crippen molar-refractivity contribution < 1.29 is 0 Å². The van der Waals surface area contributed by atoms with Crippen molar-refractivity contribution in [2.75, 3.05) is 13.1 Å². The molecular formula is C14H20N6O. The van der Waals surface area contributed by atoms with E-state index >= 15 is 0 Å². The SMILES string of the molecule is O=c1cc(CN(CC2CCCN2)C2CC2)nc2nc[nH]n12. The van der Waals surface area contributed by atoms with E-state index in [2.05, 4.69) is 25.3 Å². The molecule has 7 heteroatoms. The summed E-state index contributed by atoms with van der Waals surface area (Å²) in [5, 5.41) is 6.32. The van der Waals surface area contributed by atoms with Gasteiger partial charge in [-0.1, -0.05) is 0 Å². The Morgan fingerprint density at radius 3 is 3.05 bits per heavy atom. The standard InChI is InChI=1S/C14H20N6O/c21-13-6-11(18-14-16-9-17-20(13)14)8-19(12-3-4-12)7-10-2-1-5-15-10/h6,9-10,12,15H,1-5,7-8H2,(H,16,17,18). The summed E-state index contributed by atoms with van der Waals surface area (Å²) < 4.78 is 1.36. The van der Waals surface area contributed by atoms with Crippen molar-refractivity contribution in [2.45, 2.75) is 44.3 Å². The number of fused-ring (bicyclic) bond motifs is 1. The molecule has 2 fully saturated rings. The van der Waals surface area contributed by atoms with Crippen LogP contribution in [0.5, 0.6) is 0 Å². The van der Waals surface area contributed by atoms with E-state index in [1.165, 1.54) is 36.5 Å². The van der Waals surface area contributed by atoms with Gasteiger partial charge in [-0.25, -0.2) is 9.97 Å². The average molecular weight is 288 g/mol. The van der Waals surface area contributed by atoms with Crippen molar-refractivity contribution in [2.24, 2.45) is 0 Å². The summed E-state index contributed by atoms with van der Waals surface area (Å²) in [6, 6.07) is 2.86. The number of hydrogen-bond donors (Lipinski definition) is 2. The van der Waals surface area contributed by atoms with Crippen LogP contribution in [0.2, 0.25) is 0 Å². The molecule has 0 bridgehead atoms. The van der Waals surface area contributed by atoms with E-state index < -0.39 is 0 Å². The van der Waals surface area contributed by atoms with Crippen molar-refractivity contribution in [3.63, 3.8) is 0 Å². The molecule has 7 nitrogen and oxygen atoms in total. The van der Waals surface area contributed by atoms with Gasteiger partial charge >= 0.3 is 0 Å². The quantitative estimate of drug-likeness (QED) is 0.818. The van der Waals surface area contributed by atoms with Gasteiger partial charge in [-0.05, 0) is 32.2 Å². The van der Waals surface area contributed by atoms with Gasteiger partial charge in [-0.15, -0.1) is 0 Å². The van der Waals surface area contributed by atoms with Crippen molar-refractivity contribution >= 4 is 5.78 Å². The monoisotopic (exact) mass is 288 g/mol. The summed E-state index contributed by atoms with van der Waals surface area (Å²) in [7, 11) is 0. The lowest BCUT2D eigenvalue weighted by Gasteiger charge is -2.25. The number of H-pyrrole nitrogens is 1. The molecule has 1 saturated carbocycles. The molecule has 2 aromatic heterocycles. The molecule has 1 atom stereocenters. The molecule has 112 valence electrons. The summed E-state index contributed by atoms with van der Waals surface area (Å²) in [6.45, 7) is 2.91. The van der Waals surface area contributed by atoms with Crippen LogP contribution in [-0.4, -0.2) is 49.7 Å². The summed E-state index contributed by atoms with van der Waals surface area (Å²) in [6.07, 6.45) is 6.53. The fraction of sp³-hybridized carbons (Fsp3) is 0.643. The zero-order chi connectivity index (χ0) is 14.2. The maximum atomic E-state index is 12.0. The van der Waals surface area contributed by atoms with Crippen LogP contribution in [0.4, 0.5) is 0 Å². The van der Waals surface area contributed by atoms with E-state index in [0.717, 1.165) is 25.3 Å². The Morgan fingerprint density at radius 1 is 1.38 bits per heavy atom. The van der Waals surface area contributed by atoms with Gasteiger partial charge in [-0.3, -0.25) is 14.8 Å². The molecular weight excluding hydrogens is 268 g/mol. The molecule has 2 N–H and O–H groups in total. The maximum absolute atomic E-state index is 12.0. The van der Waals surface area contributed by atoms with Crippen molar-refractivity contribution in [1.82, 2.24) is 29.8 Å². The lowest BCUT2D eigenvalue weighted by molar-refractivity contribution is 0.228. The number of nitrogens with one attached hydrogen (secondary N) is 2. The van der Waals surface area contributed by atoms with Gasteiger partial charge in [0.05, 0.1) is 5.69 Å². The topological polar surface area (TPSA) is 78.3 Å². The van der Waals surface area contributed by atoms with Gasteiger partial charge in [0.15, 0.2) is 0 Å². The maximum Gasteiger partial charge on any atom is 0.274 e. The molecule has 0 amide bonds. The highest BCUT2D eigenvalue weighted by Gasteiger charge is 2.31. The average Bonchev–Trinajstić information content (AvgIpc) is 2.98. The molecule has 2 aromatic rings. The zero-order valence-corrected chi connectivity index (χ0v) is 12.0. The number of rotatable bonds is 5. The minimum absolute atomic E-state index is 0.0951. The van der Waals surface area contributed by atoms with E-state index in [4.69, 9.17) is 0 Å². The second-order valence-corrected chi connectivity index (χ2v) is 6.06. The Bertz CT molecular complexity index is 682. The van der Waals surface area contributed by atoms with Crippen LogP contribution in [-0.2, 0) is 6.54 Å². The zero-order valence-electron chi connectivity index (χ0n) is 12.0. The molecule has 0 aromatic carbocycles. The summed E-state index contributed by atoms with van der Waals surface area (Å²) in [5.41, 5.74) is 0.722. The fourth-order valence-electron chi connectivity index (χ4n) is 3.14. The van der Waals surface area contributed by atoms with Crippen LogP contribution in [0.25, 0.3) is 5.78 Å². The summed E-state index contributed by atoms with van der Waals surface area (Å²) in [5.74, 6) is 0.451. The minimum atomic E-state index is -0.0951. The van der Waals surface area contributed by atoms with Crippen LogP contribution >= 0.6 is 0 Å². The summed E-state index contributed by atoms with van der Waals surface area (Å²) >= 11 is 0. The van der Waals surface area contributed by atoms with E-state index in [1.54, 1.807) is 6.07 Å². The van der Waals surface area contributed by atoms with Gasteiger partial charge in [0.25, 0.3) is 11.3 Å². The number of nitrogens with zero attached hydrogens (tertiary/aromatic N) is 4. The molecule has 2 aliphatic rings. The molecule has 0 radical (unpaired) electrons. The Morgan fingerprint density at radius 2 is 2.29 bits per heavy atom. The van der Waals surface area contributed by atoms with Crippen molar-refractivity contribution in [1.29, 1.82) is 0 Å². The molecule has 4 rings (SSSR count). The first kappa shape index (κ1) is 13.0. The highest BCUT2D eigenvalue weighted by Crippen LogP contribution is 2.28. The van der Waals surface area contributed by atoms with Crippen molar-refractivity contribution in [3.05, 3.63) is 28.4 Å². The van der Waals surface area contributed by atoms with Gasteiger partial charge in [0.2, 0.25) is 0 Å². The van der Waals surface area contributed by atoms with E-state index in [-0.39, 0.29) is 5.56 Å². The van der Waals surface area contributed by atoms with Crippen LogP contribution in [0, 0.1) is 0 Å². The van der Waals surface area contributed by atoms with E-state index in [0.29, 0.717) is 17.9 Å². The first-order valence-corrected chi connectivity index (χ1v) is 7.69. The normalized spacial score (nSPS) is 22.4. The van der Waals surface area contributed by atoms with Gasteiger partial charge in [-0.2, -0.15) is 4.52 Å². The molecule has 1 aliphatic carbocycles. The fourth-order valence-corrected chi connectivity index (χ4v) is 3.14. The lowest BCUT2D eigenvalue weighted by atomic mass is 10.2. The van der Waals surface area contributed by atoms with Crippen LogP contribution < -0.4 is 10.9 Å². The number of aromatic nitrogens is 4. The smallest absolute Gasteiger partial charge is 0.274 e. The first-order chi connectivity index (χ1) is 10.3. The Kier molecular flexibility index (Phi) is 3.23. The Labute approximate surface area is 122 Å². The largest absolute Gasteiger partial charge is 0.313 e. The minimum Gasteiger partial charge on any atom is -0.313 e. The van der Waals surface area contributed by atoms with Gasteiger partial charge < -0.3 is 5.32 Å². The first-order valence-electron chi connectivity index (χ1n) is 7.69. The third-order valence-corrected chi connectivity index (χ3v) is 4.37. The molecule has 21 heavy (non-hydrogen) atoms. The van der Waals surface area contributed by atoms with Crippen LogP contribution in [0.15, 0.2) is 17.2 Å². The Balaban J connectivity index is 1.54. The van der Waals surface area contributed by atoms with Gasteiger partial charge in [0, 0.05) is 31.2 Å². The van der Waals surface area contributed by atoms with E-state index in [1.807, 2.05) is 0 Å². The highest BCUT2D eigenvalue weighted by molar-refractivity contribution is 5.26. The predicted molar refractivity (Wildman–Crippen MR) is 78.1 cm³/mol. The third-order valence-electron chi connectivity index (χ3n) is 4.37. The van der Waals surface area contributed by atoms with Gasteiger partial charge in [0.1, 0.15) is 6.33 Å². The predicted octanol–water partition coefficient (Wildman–Crippen LogP) is 0.134. The Hall–Kier alpha value is -1.73. The number of hydrogen-bond acceptors (Lipinski definition) is 5. The van der Waals surface area contributed by atoms with Crippen molar-refractivity contribution in [3.8, 4) is 0 Å². The second-order valence-electron chi connectivity index (χ2n) is 6.06. The molecule has 3 heterocycles. The summed E-state index contributed by atoms with van der Waals surface area (Å²) in [4.78, 5) is 23.0. The third kappa shape index (κ3) is 2.71. The highest BCUT2D eigenvalue weighted by atomic mass is 16.1. The molecule has 1 saturated heterocycles. The molecule has 1 aliphatic heterocycles. The van der Waals surface area contributed by atoms with Crippen LogP contribution in [0.1, 0.15) is 31.4 Å². The lowest BCUT2D eigenvalue weighted by Crippen LogP contribution is -2.38. The molecule has 0 spiro atoms. The van der Waals surface area contributed by atoms with E-state index in [9.17, 15) is 4.79 Å². The number of aromatic amines is 1. The second kappa shape index (κ2) is 5.23.